The van der Waals surface area contributed by atoms with Crippen molar-refractivity contribution in [1.29, 1.82) is 0 Å². The minimum absolute atomic E-state index is 0.241. The highest BCUT2D eigenvalue weighted by Gasteiger charge is 2.18. The molecular formula is C16H18N2OS. The van der Waals surface area contributed by atoms with Crippen molar-refractivity contribution in [3.05, 3.63) is 35.9 Å². The zero-order valence-corrected chi connectivity index (χ0v) is 12.2. The second-order valence-electron chi connectivity index (χ2n) is 5.28. The molecule has 3 nitrogen and oxygen atoms in total. The number of aromatic nitrogens is 1. The van der Waals surface area contributed by atoms with Crippen LogP contribution in [-0.2, 0) is 0 Å². The van der Waals surface area contributed by atoms with E-state index in [4.69, 9.17) is 22.7 Å². The van der Waals surface area contributed by atoms with Gasteiger partial charge in [-0.25, -0.2) is 4.98 Å². The number of thiocarbonyl (C=S) groups is 1. The van der Waals surface area contributed by atoms with Gasteiger partial charge in [-0.15, -0.1) is 0 Å². The third-order valence-corrected chi connectivity index (χ3v) is 4.00. The minimum Gasteiger partial charge on any atom is -0.474 e. The molecule has 1 saturated carbocycles. The quantitative estimate of drug-likeness (QED) is 0.876. The van der Waals surface area contributed by atoms with Crippen LogP contribution >= 0.6 is 12.2 Å². The Labute approximate surface area is 124 Å². The van der Waals surface area contributed by atoms with Gasteiger partial charge in [0.25, 0.3) is 0 Å². The number of ether oxygens (including phenoxy) is 1. The van der Waals surface area contributed by atoms with E-state index in [1.54, 1.807) is 0 Å². The molecule has 0 unspecified atom stereocenters. The number of para-hydroxylation sites is 1. The lowest BCUT2D eigenvalue weighted by Crippen LogP contribution is -2.22. The average molecular weight is 286 g/mol. The van der Waals surface area contributed by atoms with Crippen LogP contribution in [0.2, 0.25) is 0 Å². The van der Waals surface area contributed by atoms with Crippen LogP contribution in [-0.4, -0.2) is 16.1 Å². The Morgan fingerprint density at radius 3 is 2.70 bits per heavy atom. The lowest BCUT2D eigenvalue weighted by atomic mass is 9.98. The number of benzene rings is 1. The van der Waals surface area contributed by atoms with Gasteiger partial charge in [-0.1, -0.05) is 36.8 Å². The molecule has 2 aromatic rings. The highest BCUT2D eigenvalue weighted by molar-refractivity contribution is 7.80. The Bertz CT molecular complexity index is 635. The predicted molar refractivity (Wildman–Crippen MR) is 85.1 cm³/mol. The summed E-state index contributed by atoms with van der Waals surface area (Å²) in [5.41, 5.74) is 7.48. The molecule has 0 bridgehead atoms. The van der Waals surface area contributed by atoms with Gasteiger partial charge in [0, 0.05) is 5.39 Å². The predicted octanol–water partition coefficient (Wildman–Crippen LogP) is 3.58. The molecule has 1 aromatic carbocycles. The van der Waals surface area contributed by atoms with Crippen LogP contribution in [0.5, 0.6) is 5.88 Å². The number of pyridine rings is 1. The van der Waals surface area contributed by atoms with Gasteiger partial charge in [0.15, 0.2) is 0 Å². The second-order valence-corrected chi connectivity index (χ2v) is 5.72. The van der Waals surface area contributed by atoms with E-state index in [9.17, 15) is 0 Å². The zero-order valence-electron chi connectivity index (χ0n) is 11.3. The van der Waals surface area contributed by atoms with Crippen molar-refractivity contribution in [1.82, 2.24) is 4.98 Å². The third-order valence-electron chi connectivity index (χ3n) is 3.78. The molecule has 3 rings (SSSR count). The van der Waals surface area contributed by atoms with Crippen LogP contribution in [0.25, 0.3) is 10.9 Å². The van der Waals surface area contributed by atoms with Crippen molar-refractivity contribution in [3.63, 3.8) is 0 Å². The van der Waals surface area contributed by atoms with E-state index < -0.39 is 0 Å². The van der Waals surface area contributed by atoms with Crippen LogP contribution in [0, 0.1) is 0 Å². The summed E-state index contributed by atoms with van der Waals surface area (Å²) in [6.07, 6.45) is 6.16. The lowest BCUT2D eigenvalue weighted by Gasteiger charge is -2.23. The van der Waals surface area contributed by atoms with Gasteiger partial charge in [0.05, 0.1) is 11.1 Å². The number of hydrogen-bond acceptors (Lipinski definition) is 3. The molecule has 1 aliphatic rings. The summed E-state index contributed by atoms with van der Waals surface area (Å²) < 4.78 is 6.08. The van der Waals surface area contributed by atoms with Gasteiger partial charge >= 0.3 is 0 Å². The van der Waals surface area contributed by atoms with Gasteiger partial charge in [0.2, 0.25) is 5.88 Å². The van der Waals surface area contributed by atoms with Gasteiger partial charge in [-0.2, -0.15) is 0 Å². The Balaban J connectivity index is 1.98. The molecule has 1 aliphatic carbocycles. The number of nitrogens with two attached hydrogens (primary N) is 1. The Morgan fingerprint density at radius 2 is 1.95 bits per heavy atom. The summed E-state index contributed by atoms with van der Waals surface area (Å²) in [7, 11) is 0. The van der Waals surface area contributed by atoms with Crippen LogP contribution in [0.4, 0.5) is 0 Å². The zero-order chi connectivity index (χ0) is 13.9. The largest absolute Gasteiger partial charge is 0.474 e. The summed E-state index contributed by atoms with van der Waals surface area (Å²) in [5.74, 6) is 0.586. The van der Waals surface area contributed by atoms with Crippen LogP contribution in [0.3, 0.4) is 0 Å². The molecule has 4 heteroatoms. The first-order valence-corrected chi connectivity index (χ1v) is 7.51. The molecule has 0 aliphatic heterocycles. The first-order valence-electron chi connectivity index (χ1n) is 7.10. The van der Waals surface area contributed by atoms with Gasteiger partial charge in [0.1, 0.15) is 11.1 Å². The number of nitrogens with zero attached hydrogens (tertiary/aromatic N) is 1. The van der Waals surface area contributed by atoms with Crippen molar-refractivity contribution in [3.8, 4) is 5.88 Å². The molecule has 2 N–H and O–H groups in total. The molecule has 104 valence electrons. The molecule has 0 radical (unpaired) electrons. The van der Waals surface area contributed by atoms with E-state index >= 15 is 0 Å². The Morgan fingerprint density at radius 1 is 1.20 bits per heavy atom. The smallest absolute Gasteiger partial charge is 0.224 e. The molecule has 0 spiro atoms. The highest BCUT2D eigenvalue weighted by Crippen LogP contribution is 2.27. The van der Waals surface area contributed by atoms with Crippen molar-refractivity contribution < 1.29 is 4.74 Å². The maximum atomic E-state index is 6.08. The van der Waals surface area contributed by atoms with Crippen LogP contribution in [0.1, 0.15) is 37.7 Å². The fraction of sp³-hybridized carbons (Fsp3) is 0.375. The van der Waals surface area contributed by atoms with E-state index in [0.717, 1.165) is 29.3 Å². The maximum Gasteiger partial charge on any atom is 0.224 e. The maximum absolute atomic E-state index is 6.08. The standard InChI is InChI=1S/C16H18N2OS/c17-15(20)13-10-11-6-4-5-9-14(11)18-16(13)19-12-7-2-1-3-8-12/h4-6,9-10,12H,1-3,7-8H2,(H2,17,20). The summed E-state index contributed by atoms with van der Waals surface area (Å²) >= 11 is 5.14. The van der Waals surface area contributed by atoms with Crippen LogP contribution < -0.4 is 10.5 Å². The molecule has 0 amide bonds. The molecule has 20 heavy (non-hydrogen) atoms. The number of fused-ring (bicyclic) bond motifs is 1. The van der Waals surface area contributed by atoms with E-state index in [2.05, 4.69) is 4.98 Å². The number of rotatable bonds is 3. The summed E-state index contributed by atoms with van der Waals surface area (Å²) in [4.78, 5) is 4.94. The monoisotopic (exact) mass is 286 g/mol. The topological polar surface area (TPSA) is 48.1 Å². The molecule has 0 saturated heterocycles. The fourth-order valence-electron chi connectivity index (χ4n) is 2.71. The molecular weight excluding hydrogens is 268 g/mol. The van der Waals surface area contributed by atoms with Gasteiger partial charge in [-0.05, 0) is 37.8 Å². The Hall–Kier alpha value is -1.68. The minimum atomic E-state index is 0.241. The fourth-order valence-corrected chi connectivity index (χ4v) is 2.85. The summed E-state index contributed by atoms with van der Waals surface area (Å²) in [6.45, 7) is 0. The van der Waals surface area contributed by atoms with E-state index in [0.29, 0.717) is 10.9 Å². The first-order chi connectivity index (χ1) is 9.74. The van der Waals surface area contributed by atoms with E-state index in [1.165, 1.54) is 19.3 Å². The second kappa shape index (κ2) is 5.75. The van der Waals surface area contributed by atoms with Crippen molar-refractivity contribution >= 4 is 28.1 Å². The van der Waals surface area contributed by atoms with Crippen molar-refractivity contribution in [2.24, 2.45) is 5.73 Å². The normalized spacial score (nSPS) is 16.2. The van der Waals surface area contributed by atoms with Gasteiger partial charge in [-0.3, -0.25) is 0 Å². The highest BCUT2D eigenvalue weighted by atomic mass is 32.1. The Kier molecular flexibility index (Phi) is 3.83. The summed E-state index contributed by atoms with van der Waals surface area (Å²) in [6, 6.07) is 9.92. The van der Waals surface area contributed by atoms with Crippen molar-refractivity contribution in [2.45, 2.75) is 38.2 Å². The van der Waals surface area contributed by atoms with Crippen LogP contribution in [0.15, 0.2) is 30.3 Å². The van der Waals surface area contributed by atoms with E-state index in [-0.39, 0.29) is 6.10 Å². The lowest BCUT2D eigenvalue weighted by molar-refractivity contribution is 0.149. The third kappa shape index (κ3) is 2.75. The SMILES string of the molecule is NC(=S)c1cc2ccccc2nc1OC1CCCCC1. The number of hydrogen-bond donors (Lipinski definition) is 1. The summed E-state index contributed by atoms with van der Waals surface area (Å²) in [5, 5.41) is 1.03. The van der Waals surface area contributed by atoms with Crippen molar-refractivity contribution in [2.75, 3.05) is 0 Å². The first kappa shape index (κ1) is 13.3. The molecule has 1 heterocycles. The molecule has 1 aromatic heterocycles. The van der Waals surface area contributed by atoms with E-state index in [1.807, 2.05) is 30.3 Å². The molecule has 0 atom stereocenters. The van der Waals surface area contributed by atoms with Gasteiger partial charge < -0.3 is 10.5 Å². The molecule has 1 fully saturated rings. The average Bonchev–Trinajstić information content (AvgIpc) is 2.47.